The molecule has 0 saturated carbocycles. The van der Waals surface area contributed by atoms with Crippen molar-refractivity contribution >= 4 is 43.2 Å². The normalized spacial score (nSPS) is 18.5. The molecule has 2 aliphatic rings. The number of nitrogens with zero attached hydrogens (tertiary/aromatic N) is 3. The van der Waals surface area contributed by atoms with Crippen LogP contribution in [0.15, 0.2) is 81.0 Å². The average Bonchev–Trinajstić information content (AvgIpc) is 3.26. The molecule has 34 heavy (non-hydrogen) atoms. The Morgan fingerprint density at radius 1 is 0.971 bits per heavy atom. The van der Waals surface area contributed by atoms with E-state index < -0.39 is 26.1 Å². The van der Waals surface area contributed by atoms with Crippen LogP contribution < -0.4 is 14.6 Å². The van der Waals surface area contributed by atoms with E-state index in [1.807, 2.05) is 6.92 Å². The van der Waals surface area contributed by atoms with Crippen molar-refractivity contribution in [3.05, 3.63) is 66.1 Å². The standard InChI is InChI=1S/C21H19N3O8S2/c1-3-23-18-12-16(34(29,30)31)8-10-19(18)32-20(23)11-9-17-13(2)22-24(21(17)25)14-4-6-15(7-5-14)33(26,27)28/h4-12H,3H2,1-2H3,(H,26,27,28)(H,29,30,31)/b17-9-,20-11+. The monoisotopic (exact) mass is 505 g/mol. The van der Waals surface area contributed by atoms with E-state index in [0.717, 1.165) is 17.1 Å². The summed E-state index contributed by atoms with van der Waals surface area (Å²) in [5.74, 6) is 0.276. The highest BCUT2D eigenvalue weighted by molar-refractivity contribution is 7.86. The maximum absolute atomic E-state index is 12.9. The zero-order chi connectivity index (χ0) is 24.8. The summed E-state index contributed by atoms with van der Waals surface area (Å²) < 4.78 is 69.6. The Morgan fingerprint density at radius 2 is 1.59 bits per heavy atom. The van der Waals surface area contributed by atoms with E-state index in [4.69, 9.17) is 9.29 Å². The first-order valence-corrected chi connectivity index (χ1v) is 12.7. The third kappa shape index (κ3) is 4.33. The molecular formula is C21H19N3O8S2. The summed E-state index contributed by atoms with van der Waals surface area (Å²) in [5, 5.41) is 5.32. The number of amides is 1. The molecule has 0 radical (unpaired) electrons. The smallest absolute Gasteiger partial charge is 0.294 e. The van der Waals surface area contributed by atoms with E-state index in [2.05, 4.69) is 5.10 Å². The number of hydrogen-bond donors (Lipinski definition) is 2. The number of carbonyl (C=O) groups is 1. The van der Waals surface area contributed by atoms with Crippen molar-refractivity contribution in [3.63, 3.8) is 0 Å². The van der Waals surface area contributed by atoms with Gasteiger partial charge in [-0.25, -0.2) is 0 Å². The van der Waals surface area contributed by atoms with Crippen molar-refractivity contribution in [1.82, 2.24) is 0 Å². The van der Waals surface area contributed by atoms with Gasteiger partial charge in [-0.05, 0) is 68.5 Å². The molecule has 2 aromatic carbocycles. The predicted molar refractivity (Wildman–Crippen MR) is 123 cm³/mol. The van der Waals surface area contributed by atoms with Gasteiger partial charge in [-0.1, -0.05) is 0 Å². The molecule has 0 unspecified atom stereocenters. The third-order valence-corrected chi connectivity index (χ3v) is 6.87. The van der Waals surface area contributed by atoms with Crippen LogP contribution in [0.4, 0.5) is 11.4 Å². The fourth-order valence-corrected chi connectivity index (χ4v) is 4.47. The molecule has 178 valence electrons. The van der Waals surface area contributed by atoms with Crippen molar-refractivity contribution in [1.29, 1.82) is 0 Å². The maximum Gasteiger partial charge on any atom is 0.294 e. The number of anilines is 2. The summed E-state index contributed by atoms with van der Waals surface area (Å²) in [6, 6.07) is 8.98. The minimum absolute atomic E-state index is 0.264. The van der Waals surface area contributed by atoms with Crippen LogP contribution in [0, 0.1) is 0 Å². The van der Waals surface area contributed by atoms with E-state index in [-0.39, 0.29) is 15.4 Å². The Balaban J connectivity index is 1.61. The predicted octanol–water partition coefficient (Wildman–Crippen LogP) is 2.59. The Bertz CT molecular complexity index is 1490. The Morgan fingerprint density at radius 3 is 2.18 bits per heavy atom. The van der Waals surface area contributed by atoms with Crippen molar-refractivity contribution < 1.29 is 35.5 Å². The molecule has 0 aliphatic carbocycles. The average molecular weight is 506 g/mol. The lowest BCUT2D eigenvalue weighted by Crippen LogP contribution is -2.22. The second kappa shape index (κ2) is 8.36. The molecule has 0 saturated heterocycles. The topological polar surface area (TPSA) is 154 Å². The van der Waals surface area contributed by atoms with Crippen LogP contribution in [-0.2, 0) is 25.0 Å². The lowest BCUT2D eigenvalue weighted by Gasteiger charge is -2.15. The van der Waals surface area contributed by atoms with Crippen molar-refractivity contribution in [2.75, 3.05) is 16.5 Å². The highest BCUT2D eigenvalue weighted by atomic mass is 32.2. The molecule has 0 atom stereocenters. The minimum atomic E-state index is -4.38. The first kappa shape index (κ1) is 23.6. The van der Waals surface area contributed by atoms with Crippen LogP contribution >= 0.6 is 0 Å². The fourth-order valence-electron chi connectivity index (χ4n) is 3.49. The van der Waals surface area contributed by atoms with Crippen LogP contribution in [0.3, 0.4) is 0 Å². The second-order valence-electron chi connectivity index (χ2n) is 7.31. The van der Waals surface area contributed by atoms with E-state index in [1.54, 1.807) is 17.9 Å². The van der Waals surface area contributed by atoms with Gasteiger partial charge in [0.1, 0.15) is 0 Å². The molecule has 2 aromatic rings. The van der Waals surface area contributed by atoms with Gasteiger partial charge in [0.25, 0.3) is 26.1 Å². The molecular weight excluding hydrogens is 486 g/mol. The molecule has 1 amide bonds. The lowest BCUT2D eigenvalue weighted by molar-refractivity contribution is -0.114. The molecule has 0 spiro atoms. The summed E-state index contributed by atoms with van der Waals surface area (Å²) in [4.78, 5) is 14.0. The molecule has 0 bridgehead atoms. The summed E-state index contributed by atoms with van der Waals surface area (Å²) in [5.41, 5.74) is 1.43. The lowest BCUT2D eigenvalue weighted by atomic mass is 10.1. The molecule has 2 N–H and O–H groups in total. The Kier molecular flexibility index (Phi) is 5.81. The van der Waals surface area contributed by atoms with Gasteiger partial charge in [-0.2, -0.15) is 26.9 Å². The van der Waals surface area contributed by atoms with Crippen molar-refractivity contribution in [2.45, 2.75) is 23.6 Å². The first-order chi connectivity index (χ1) is 15.9. The molecule has 11 nitrogen and oxygen atoms in total. The molecule has 0 fully saturated rings. The van der Waals surface area contributed by atoms with Crippen LogP contribution in [0.25, 0.3) is 0 Å². The van der Waals surface area contributed by atoms with Gasteiger partial charge in [0, 0.05) is 6.54 Å². The summed E-state index contributed by atoms with van der Waals surface area (Å²) in [7, 11) is -8.75. The first-order valence-electron chi connectivity index (χ1n) is 9.86. The minimum Gasteiger partial charge on any atom is -0.439 e. The number of hydrazone groups is 1. The van der Waals surface area contributed by atoms with Gasteiger partial charge in [0.15, 0.2) is 5.75 Å². The van der Waals surface area contributed by atoms with Gasteiger partial charge in [0.05, 0.1) is 32.5 Å². The zero-order valence-corrected chi connectivity index (χ0v) is 19.5. The van der Waals surface area contributed by atoms with E-state index in [9.17, 15) is 26.2 Å². The highest BCUT2D eigenvalue weighted by Crippen LogP contribution is 2.40. The SMILES string of the molecule is CCN1/C(=C\C=C2/C(=O)N(c3ccc(S(=O)(=O)O)cc3)N=C2C)Oc2ccc(S(=O)(=O)O)cc21. The zero-order valence-electron chi connectivity index (χ0n) is 17.9. The number of fused-ring (bicyclic) bond motifs is 1. The number of benzene rings is 2. The Hall–Kier alpha value is -3.52. The number of rotatable bonds is 5. The van der Waals surface area contributed by atoms with Gasteiger partial charge < -0.3 is 9.64 Å². The second-order valence-corrected chi connectivity index (χ2v) is 10.2. The maximum atomic E-state index is 12.9. The number of ether oxygens (including phenoxy) is 1. The quantitative estimate of drug-likeness (QED) is 0.461. The third-order valence-electron chi connectivity index (χ3n) is 5.15. The van der Waals surface area contributed by atoms with Crippen LogP contribution in [0.1, 0.15) is 13.8 Å². The van der Waals surface area contributed by atoms with Crippen LogP contribution in [0.5, 0.6) is 5.75 Å². The number of hydrogen-bond acceptors (Lipinski definition) is 8. The van der Waals surface area contributed by atoms with Crippen molar-refractivity contribution in [2.24, 2.45) is 5.10 Å². The molecule has 2 aliphatic heterocycles. The summed E-state index contributed by atoms with van der Waals surface area (Å²) in [6.07, 6.45) is 3.06. The highest BCUT2D eigenvalue weighted by Gasteiger charge is 2.30. The summed E-state index contributed by atoms with van der Waals surface area (Å²) in [6.45, 7) is 3.88. The van der Waals surface area contributed by atoms with Gasteiger partial charge >= 0.3 is 0 Å². The van der Waals surface area contributed by atoms with Gasteiger partial charge in [-0.15, -0.1) is 0 Å². The van der Waals surface area contributed by atoms with E-state index in [1.165, 1.54) is 36.4 Å². The fraction of sp³-hybridized carbons (Fsp3) is 0.143. The molecule has 0 aromatic heterocycles. The molecule has 4 rings (SSSR count). The van der Waals surface area contributed by atoms with Gasteiger partial charge in [-0.3, -0.25) is 13.9 Å². The summed E-state index contributed by atoms with van der Waals surface area (Å²) >= 11 is 0. The molecule has 2 heterocycles. The van der Waals surface area contributed by atoms with E-state index in [0.29, 0.717) is 35.3 Å². The van der Waals surface area contributed by atoms with Gasteiger partial charge in [0.2, 0.25) is 5.88 Å². The number of allylic oxidation sites excluding steroid dienone is 2. The Labute approximate surface area is 195 Å². The largest absolute Gasteiger partial charge is 0.439 e. The molecule has 13 heteroatoms. The van der Waals surface area contributed by atoms with Crippen LogP contribution in [-0.4, -0.2) is 44.1 Å². The van der Waals surface area contributed by atoms with Crippen molar-refractivity contribution in [3.8, 4) is 5.75 Å². The van der Waals surface area contributed by atoms with Crippen LogP contribution in [0.2, 0.25) is 0 Å². The van der Waals surface area contributed by atoms with E-state index >= 15 is 0 Å². The number of carbonyl (C=O) groups excluding carboxylic acids is 1.